The molecule has 0 radical (unpaired) electrons. The van der Waals surface area contributed by atoms with Crippen molar-refractivity contribution in [3.8, 4) is 0 Å². The van der Waals surface area contributed by atoms with Crippen LogP contribution >= 0.6 is 0 Å². The van der Waals surface area contributed by atoms with Crippen LogP contribution in [-0.4, -0.2) is 47.4 Å². The van der Waals surface area contributed by atoms with E-state index >= 15 is 0 Å². The van der Waals surface area contributed by atoms with Gasteiger partial charge in [0.1, 0.15) is 0 Å². The highest BCUT2D eigenvalue weighted by molar-refractivity contribution is 5.76. The Labute approximate surface area is 489 Å². The molecule has 0 spiro atoms. The largest absolute Gasteiger partial charge is 0.466 e. The normalized spacial score (nSPS) is 12.5. The molecule has 0 aromatic rings. The zero-order chi connectivity index (χ0) is 56.4. The number of esters is 1. The minimum atomic E-state index is -0.664. The van der Waals surface area contributed by atoms with Gasteiger partial charge in [-0.3, -0.25) is 9.59 Å². The van der Waals surface area contributed by atoms with Gasteiger partial charge in [0.05, 0.1) is 25.4 Å². The summed E-state index contributed by atoms with van der Waals surface area (Å²) in [5.74, 6) is -0.0156. The number of ether oxygens (including phenoxy) is 1. The molecule has 0 aromatic heterocycles. The van der Waals surface area contributed by atoms with Gasteiger partial charge in [0.2, 0.25) is 5.91 Å². The second kappa shape index (κ2) is 68.1. The molecule has 0 rings (SSSR count). The maximum Gasteiger partial charge on any atom is 0.305 e. The van der Waals surface area contributed by atoms with E-state index in [0.717, 1.165) is 44.9 Å². The summed E-state index contributed by atoms with van der Waals surface area (Å²) in [5, 5.41) is 23.4. The molecule has 6 heteroatoms. The fourth-order valence-corrected chi connectivity index (χ4v) is 11.6. The number of aliphatic hydroxyl groups is 2. The zero-order valence-electron chi connectivity index (χ0n) is 53.2. The maximum atomic E-state index is 12.5. The minimum absolute atomic E-state index is 0.0134. The molecular weight excluding hydrogens is 959 g/mol. The molecule has 0 aliphatic heterocycles. The Morgan fingerprint density at radius 2 is 0.603 bits per heavy atom. The zero-order valence-corrected chi connectivity index (χ0v) is 53.2. The minimum Gasteiger partial charge on any atom is -0.466 e. The van der Waals surface area contributed by atoms with Crippen LogP contribution in [0.5, 0.6) is 0 Å². The van der Waals surface area contributed by atoms with Crippen LogP contribution in [0.25, 0.3) is 0 Å². The number of unbranched alkanes of at least 4 members (excludes halogenated alkanes) is 55. The topological polar surface area (TPSA) is 95.9 Å². The van der Waals surface area contributed by atoms with Crippen molar-refractivity contribution in [1.29, 1.82) is 0 Å². The van der Waals surface area contributed by atoms with Gasteiger partial charge in [-0.25, -0.2) is 0 Å². The van der Waals surface area contributed by atoms with Crippen molar-refractivity contribution >= 4 is 11.9 Å². The number of nitrogens with one attached hydrogen (secondary N) is 1. The van der Waals surface area contributed by atoms with Gasteiger partial charge in [0.25, 0.3) is 0 Å². The van der Waals surface area contributed by atoms with E-state index in [-0.39, 0.29) is 18.5 Å². The van der Waals surface area contributed by atoms with Crippen molar-refractivity contribution in [2.24, 2.45) is 0 Å². The molecule has 0 fully saturated rings. The van der Waals surface area contributed by atoms with E-state index in [2.05, 4.69) is 31.3 Å². The molecular formula is C72H141NO5. The van der Waals surface area contributed by atoms with Gasteiger partial charge in [-0.15, -0.1) is 0 Å². The van der Waals surface area contributed by atoms with Crippen molar-refractivity contribution in [2.45, 2.75) is 424 Å². The first-order chi connectivity index (χ1) is 38.5. The van der Waals surface area contributed by atoms with Crippen molar-refractivity contribution in [3.63, 3.8) is 0 Å². The number of carbonyl (C=O) groups excluding carboxylic acids is 2. The maximum absolute atomic E-state index is 12.5. The number of aliphatic hydroxyl groups excluding tert-OH is 2. The number of amides is 1. The Kier molecular flexibility index (Phi) is 66.9. The molecule has 0 aromatic carbocycles. The third-order valence-corrected chi connectivity index (χ3v) is 17.1. The molecule has 0 heterocycles. The van der Waals surface area contributed by atoms with Crippen LogP contribution in [-0.2, 0) is 14.3 Å². The van der Waals surface area contributed by atoms with Crippen molar-refractivity contribution in [2.75, 3.05) is 13.2 Å². The number of rotatable bonds is 68. The van der Waals surface area contributed by atoms with E-state index in [4.69, 9.17) is 4.74 Å². The Morgan fingerprint density at radius 1 is 0.346 bits per heavy atom. The van der Waals surface area contributed by atoms with E-state index in [0.29, 0.717) is 25.9 Å². The van der Waals surface area contributed by atoms with Crippen LogP contribution in [0.4, 0.5) is 0 Å². The molecule has 0 aliphatic carbocycles. The molecule has 3 N–H and O–H groups in total. The Balaban J connectivity index is 3.35. The van der Waals surface area contributed by atoms with E-state index in [1.54, 1.807) is 0 Å². The third-order valence-electron chi connectivity index (χ3n) is 17.1. The lowest BCUT2D eigenvalue weighted by molar-refractivity contribution is -0.143. The lowest BCUT2D eigenvalue weighted by Crippen LogP contribution is -2.45. The van der Waals surface area contributed by atoms with Crippen LogP contribution in [0.15, 0.2) is 12.2 Å². The fraction of sp³-hybridized carbons (Fsp3) is 0.944. The van der Waals surface area contributed by atoms with Crippen LogP contribution in [0.1, 0.15) is 412 Å². The molecule has 78 heavy (non-hydrogen) atoms. The lowest BCUT2D eigenvalue weighted by atomic mass is 10.0. The van der Waals surface area contributed by atoms with Crippen LogP contribution in [0.3, 0.4) is 0 Å². The van der Waals surface area contributed by atoms with Gasteiger partial charge in [0.15, 0.2) is 0 Å². The first-order valence-electron chi connectivity index (χ1n) is 35.9. The summed E-state index contributed by atoms with van der Waals surface area (Å²) < 4.78 is 5.50. The van der Waals surface area contributed by atoms with E-state index in [1.165, 1.54) is 334 Å². The Hall–Kier alpha value is -1.40. The van der Waals surface area contributed by atoms with E-state index < -0.39 is 12.1 Å². The average molecular weight is 1100 g/mol. The first kappa shape index (κ1) is 76.6. The summed E-state index contributed by atoms with van der Waals surface area (Å²) >= 11 is 0. The van der Waals surface area contributed by atoms with Crippen molar-refractivity contribution < 1.29 is 24.5 Å². The lowest BCUT2D eigenvalue weighted by Gasteiger charge is -2.22. The Bertz CT molecular complexity index is 1180. The molecule has 6 nitrogen and oxygen atoms in total. The van der Waals surface area contributed by atoms with Crippen LogP contribution < -0.4 is 5.32 Å². The highest BCUT2D eigenvalue weighted by Crippen LogP contribution is 2.19. The van der Waals surface area contributed by atoms with Gasteiger partial charge < -0.3 is 20.3 Å². The van der Waals surface area contributed by atoms with Gasteiger partial charge in [0, 0.05) is 12.8 Å². The average Bonchev–Trinajstić information content (AvgIpc) is 3.44. The van der Waals surface area contributed by atoms with Gasteiger partial charge in [-0.1, -0.05) is 360 Å². The van der Waals surface area contributed by atoms with Crippen LogP contribution in [0, 0.1) is 0 Å². The van der Waals surface area contributed by atoms with Crippen LogP contribution in [0.2, 0.25) is 0 Å². The SMILES string of the molecule is CCCCCCCC/C=C\CCCCCCCCCC(=O)OCCCCCCCCCCCCCCCCCCCCCCCCCCC(=O)NC(CO)C(O)CCCCCCCCCCCCCCCCCCCCCC. The van der Waals surface area contributed by atoms with Gasteiger partial charge in [-0.2, -0.15) is 0 Å². The summed E-state index contributed by atoms with van der Waals surface area (Å²) in [5.41, 5.74) is 0. The summed E-state index contributed by atoms with van der Waals surface area (Å²) in [6.45, 7) is 4.99. The molecule has 0 saturated carbocycles. The fourth-order valence-electron chi connectivity index (χ4n) is 11.6. The predicted octanol–water partition coefficient (Wildman–Crippen LogP) is 23.1. The number of allylic oxidation sites excluding steroid dienone is 2. The second-order valence-corrected chi connectivity index (χ2v) is 24.9. The molecule has 464 valence electrons. The first-order valence-corrected chi connectivity index (χ1v) is 35.9. The molecule has 0 aliphatic rings. The monoisotopic (exact) mass is 1100 g/mol. The molecule has 0 bridgehead atoms. The number of hydrogen-bond donors (Lipinski definition) is 3. The second-order valence-electron chi connectivity index (χ2n) is 24.9. The highest BCUT2D eigenvalue weighted by atomic mass is 16.5. The summed E-state index contributed by atoms with van der Waals surface area (Å²) in [4.78, 5) is 24.6. The highest BCUT2D eigenvalue weighted by Gasteiger charge is 2.20. The van der Waals surface area contributed by atoms with Gasteiger partial charge in [-0.05, 0) is 51.4 Å². The van der Waals surface area contributed by atoms with E-state index in [9.17, 15) is 19.8 Å². The predicted molar refractivity (Wildman–Crippen MR) is 343 cm³/mol. The molecule has 2 unspecified atom stereocenters. The molecule has 1 amide bonds. The standard InChI is InChI=1S/C72H141NO5/c1-3-5-7-9-11-13-15-17-19-21-22-29-33-36-40-44-48-52-56-60-64-70(75)69(68-74)73-71(76)65-61-57-53-49-45-41-37-34-30-27-25-23-24-26-28-31-35-39-43-47-51-55-59-63-67-78-72(77)66-62-58-54-50-46-42-38-32-20-18-16-14-12-10-8-6-4-2/h18,20,69-70,74-75H,3-17,19,21-68H2,1-2H3,(H,73,76)/b20-18-. The van der Waals surface area contributed by atoms with Gasteiger partial charge >= 0.3 is 5.97 Å². The van der Waals surface area contributed by atoms with Crippen molar-refractivity contribution in [1.82, 2.24) is 5.32 Å². The smallest absolute Gasteiger partial charge is 0.305 e. The number of carbonyl (C=O) groups is 2. The summed E-state index contributed by atoms with van der Waals surface area (Å²) in [6.07, 6.45) is 84.0. The van der Waals surface area contributed by atoms with E-state index in [1.807, 2.05) is 0 Å². The number of hydrogen-bond acceptors (Lipinski definition) is 5. The van der Waals surface area contributed by atoms with Crippen molar-refractivity contribution in [3.05, 3.63) is 12.2 Å². The quantitative estimate of drug-likeness (QED) is 0.0320. The third kappa shape index (κ3) is 63.8. The summed E-state index contributed by atoms with van der Waals surface area (Å²) in [7, 11) is 0. The summed E-state index contributed by atoms with van der Waals surface area (Å²) in [6, 6.07) is -0.541. The Morgan fingerprint density at radius 3 is 0.910 bits per heavy atom. The molecule has 2 atom stereocenters. The molecule has 0 saturated heterocycles.